The van der Waals surface area contributed by atoms with E-state index >= 15 is 0 Å². The van der Waals surface area contributed by atoms with Gasteiger partial charge in [-0.25, -0.2) is 9.97 Å². The molecule has 0 saturated carbocycles. The monoisotopic (exact) mass is 355 g/mol. The molecule has 2 aromatic heterocycles. The van der Waals surface area contributed by atoms with E-state index in [1.807, 2.05) is 23.8 Å². The third-order valence-electron chi connectivity index (χ3n) is 3.18. The maximum atomic E-state index is 6.12. The molecular weight excluding hydrogens is 345 g/mol. The molecule has 0 aliphatic carbocycles. The van der Waals surface area contributed by atoms with Crippen LogP contribution in [0.25, 0.3) is 11.0 Å². The lowest BCUT2D eigenvalue weighted by molar-refractivity contribution is 0.300. The van der Waals surface area contributed by atoms with Crippen molar-refractivity contribution in [2.75, 3.05) is 6.61 Å². The van der Waals surface area contributed by atoms with E-state index in [0.29, 0.717) is 39.9 Å². The molecule has 2 heterocycles. The Morgan fingerprint density at radius 2 is 1.82 bits per heavy atom. The number of hydrogen-bond acceptors (Lipinski definition) is 3. The average Bonchev–Trinajstić information content (AvgIpc) is 2.85. The van der Waals surface area contributed by atoms with Crippen LogP contribution in [-0.2, 0) is 6.54 Å². The number of para-hydroxylation sites is 1. The second kappa shape index (κ2) is 6.32. The van der Waals surface area contributed by atoms with Gasteiger partial charge in [0.05, 0.1) is 22.0 Å². The molecule has 3 aromatic rings. The largest absolute Gasteiger partial charge is 0.489 e. The standard InChI is InChI=1S/C15H12Cl3N3O/c1-9-19-14(18)10-5-6-21(15(10)20-9)7-8-22-13-11(16)3-2-4-12(13)17/h2-6H,7-8H2,1H3. The van der Waals surface area contributed by atoms with Gasteiger partial charge in [0.2, 0.25) is 0 Å². The lowest BCUT2D eigenvalue weighted by atomic mass is 10.3. The summed E-state index contributed by atoms with van der Waals surface area (Å²) in [5.74, 6) is 1.12. The van der Waals surface area contributed by atoms with E-state index in [9.17, 15) is 0 Å². The van der Waals surface area contributed by atoms with E-state index in [2.05, 4.69) is 9.97 Å². The van der Waals surface area contributed by atoms with Crippen LogP contribution in [0, 0.1) is 6.92 Å². The highest BCUT2D eigenvalue weighted by molar-refractivity contribution is 6.37. The van der Waals surface area contributed by atoms with Crippen LogP contribution in [0.3, 0.4) is 0 Å². The molecule has 0 atom stereocenters. The van der Waals surface area contributed by atoms with Gasteiger partial charge < -0.3 is 9.30 Å². The van der Waals surface area contributed by atoms with E-state index < -0.39 is 0 Å². The third-order valence-corrected chi connectivity index (χ3v) is 4.06. The molecule has 3 rings (SSSR count). The zero-order valence-electron chi connectivity index (χ0n) is 11.7. The van der Waals surface area contributed by atoms with Crippen molar-refractivity contribution in [1.29, 1.82) is 0 Å². The van der Waals surface area contributed by atoms with Gasteiger partial charge in [0.25, 0.3) is 0 Å². The Balaban J connectivity index is 1.77. The molecule has 7 heteroatoms. The molecule has 0 unspecified atom stereocenters. The molecule has 0 bridgehead atoms. The molecule has 0 radical (unpaired) electrons. The molecule has 1 aromatic carbocycles. The summed E-state index contributed by atoms with van der Waals surface area (Å²) in [5.41, 5.74) is 0.784. The summed E-state index contributed by atoms with van der Waals surface area (Å²) in [4.78, 5) is 8.56. The van der Waals surface area contributed by atoms with Crippen molar-refractivity contribution in [3.63, 3.8) is 0 Å². The molecule has 22 heavy (non-hydrogen) atoms. The van der Waals surface area contributed by atoms with Gasteiger partial charge in [0.15, 0.2) is 5.75 Å². The lowest BCUT2D eigenvalue weighted by Gasteiger charge is -2.10. The van der Waals surface area contributed by atoms with Gasteiger partial charge in [-0.3, -0.25) is 0 Å². The van der Waals surface area contributed by atoms with E-state index in [4.69, 9.17) is 39.5 Å². The fourth-order valence-corrected chi connectivity index (χ4v) is 2.95. The van der Waals surface area contributed by atoms with Crippen molar-refractivity contribution in [2.45, 2.75) is 13.5 Å². The lowest BCUT2D eigenvalue weighted by Crippen LogP contribution is -2.08. The van der Waals surface area contributed by atoms with Crippen LogP contribution < -0.4 is 4.74 Å². The molecule has 0 saturated heterocycles. The van der Waals surface area contributed by atoms with Gasteiger partial charge in [-0.2, -0.15) is 0 Å². The molecule has 0 fully saturated rings. The fourth-order valence-electron chi connectivity index (χ4n) is 2.18. The van der Waals surface area contributed by atoms with Crippen molar-refractivity contribution >= 4 is 45.8 Å². The fraction of sp³-hybridized carbons (Fsp3) is 0.200. The van der Waals surface area contributed by atoms with Crippen molar-refractivity contribution in [2.24, 2.45) is 0 Å². The molecule has 4 nitrogen and oxygen atoms in total. The highest BCUT2D eigenvalue weighted by Crippen LogP contribution is 2.32. The topological polar surface area (TPSA) is 39.9 Å². The number of ether oxygens (including phenoxy) is 1. The second-order valence-corrected chi connectivity index (χ2v) is 5.88. The summed E-state index contributed by atoms with van der Waals surface area (Å²) in [6, 6.07) is 7.15. The zero-order chi connectivity index (χ0) is 15.7. The predicted octanol–water partition coefficient (Wildman–Crippen LogP) is 4.78. The number of hydrogen-bond donors (Lipinski definition) is 0. The van der Waals surface area contributed by atoms with Crippen LogP contribution >= 0.6 is 34.8 Å². The van der Waals surface area contributed by atoms with Crippen LogP contribution in [0.2, 0.25) is 15.2 Å². The third kappa shape index (κ3) is 3.00. The van der Waals surface area contributed by atoms with Gasteiger partial charge in [0, 0.05) is 6.20 Å². The van der Waals surface area contributed by atoms with Gasteiger partial charge in [0.1, 0.15) is 23.2 Å². The van der Waals surface area contributed by atoms with Gasteiger partial charge >= 0.3 is 0 Å². The molecule has 0 spiro atoms. The first-order valence-electron chi connectivity index (χ1n) is 6.62. The Hall–Kier alpha value is -1.49. The first-order chi connectivity index (χ1) is 10.6. The summed E-state index contributed by atoms with van der Waals surface area (Å²) in [6.45, 7) is 2.81. The number of benzene rings is 1. The highest BCUT2D eigenvalue weighted by atomic mass is 35.5. The number of aryl methyl sites for hydroxylation is 1. The van der Waals surface area contributed by atoms with E-state index in [1.54, 1.807) is 18.2 Å². The van der Waals surface area contributed by atoms with E-state index in [0.717, 1.165) is 11.0 Å². The minimum atomic E-state index is 0.411. The van der Waals surface area contributed by atoms with E-state index in [1.165, 1.54) is 0 Å². The van der Waals surface area contributed by atoms with Crippen LogP contribution in [0.4, 0.5) is 0 Å². The van der Waals surface area contributed by atoms with Crippen LogP contribution in [0.5, 0.6) is 5.75 Å². The zero-order valence-corrected chi connectivity index (χ0v) is 14.0. The first-order valence-corrected chi connectivity index (χ1v) is 7.75. The number of halogens is 3. The summed E-state index contributed by atoms with van der Waals surface area (Å²) < 4.78 is 7.65. The Labute approximate surface area is 142 Å². The van der Waals surface area contributed by atoms with Crippen molar-refractivity contribution in [3.05, 3.63) is 51.5 Å². The van der Waals surface area contributed by atoms with Crippen LogP contribution in [0.1, 0.15) is 5.82 Å². The number of rotatable bonds is 4. The summed E-state index contributed by atoms with van der Waals surface area (Å²) in [7, 11) is 0. The minimum absolute atomic E-state index is 0.411. The van der Waals surface area contributed by atoms with E-state index in [-0.39, 0.29) is 0 Å². The maximum Gasteiger partial charge on any atom is 0.156 e. The second-order valence-electron chi connectivity index (χ2n) is 4.71. The smallest absolute Gasteiger partial charge is 0.156 e. The van der Waals surface area contributed by atoms with Crippen molar-refractivity contribution in [3.8, 4) is 5.75 Å². The number of fused-ring (bicyclic) bond motifs is 1. The summed E-state index contributed by atoms with van der Waals surface area (Å²) >= 11 is 18.3. The average molecular weight is 357 g/mol. The Morgan fingerprint density at radius 1 is 1.09 bits per heavy atom. The number of aromatic nitrogens is 3. The summed E-state index contributed by atoms with van der Waals surface area (Å²) in [5, 5.41) is 2.26. The van der Waals surface area contributed by atoms with Gasteiger partial charge in [-0.05, 0) is 25.1 Å². The normalized spacial score (nSPS) is 11.1. The quantitative estimate of drug-likeness (QED) is 0.632. The SMILES string of the molecule is Cc1nc(Cl)c2ccn(CCOc3c(Cl)cccc3Cl)c2n1. The van der Waals surface area contributed by atoms with Crippen LogP contribution in [0.15, 0.2) is 30.5 Å². The molecule has 0 aliphatic rings. The molecule has 0 N–H and O–H groups in total. The minimum Gasteiger partial charge on any atom is -0.489 e. The van der Waals surface area contributed by atoms with Crippen molar-refractivity contribution < 1.29 is 4.74 Å². The molecule has 114 valence electrons. The van der Waals surface area contributed by atoms with Crippen LogP contribution in [-0.4, -0.2) is 21.1 Å². The highest BCUT2D eigenvalue weighted by Gasteiger charge is 2.10. The Bertz CT molecular complexity index is 812. The first kappa shape index (κ1) is 15.4. The Kier molecular flexibility index (Phi) is 4.43. The maximum absolute atomic E-state index is 6.12. The molecule has 0 amide bonds. The van der Waals surface area contributed by atoms with Gasteiger partial charge in [-0.15, -0.1) is 0 Å². The molecule has 0 aliphatic heterocycles. The number of nitrogens with zero attached hydrogens (tertiary/aromatic N) is 3. The molecular formula is C15H12Cl3N3O. The predicted molar refractivity (Wildman–Crippen MR) is 89.2 cm³/mol. The summed E-state index contributed by atoms with van der Waals surface area (Å²) in [6.07, 6.45) is 1.90. The Morgan fingerprint density at radius 3 is 2.55 bits per heavy atom. The van der Waals surface area contributed by atoms with Crippen molar-refractivity contribution in [1.82, 2.24) is 14.5 Å². The van der Waals surface area contributed by atoms with Gasteiger partial charge in [-0.1, -0.05) is 40.9 Å².